The van der Waals surface area contributed by atoms with Gasteiger partial charge in [0.1, 0.15) is 0 Å². The predicted molar refractivity (Wildman–Crippen MR) is 109 cm³/mol. The molecule has 6 nitrogen and oxygen atoms in total. The number of nitrogens with zero attached hydrogens (tertiary/aromatic N) is 1. The van der Waals surface area contributed by atoms with E-state index in [1.807, 2.05) is 19.1 Å². The Morgan fingerprint density at radius 2 is 1.79 bits per heavy atom. The summed E-state index contributed by atoms with van der Waals surface area (Å²) in [6.07, 6.45) is 1.68. The zero-order chi connectivity index (χ0) is 19.5. The van der Waals surface area contributed by atoms with Crippen molar-refractivity contribution in [3.8, 4) is 0 Å². The number of carbonyl (C=O) groups is 1. The van der Waals surface area contributed by atoms with Gasteiger partial charge in [0.05, 0.1) is 16.1 Å². The van der Waals surface area contributed by atoms with Crippen LogP contribution >= 0.6 is 0 Å². The summed E-state index contributed by atoms with van der Waals surface area (Å²) < 4.78 is 29.2. The molecule has 3 aromatic carbocycles. The van der Waals surface area contributed by atoms with Gasteiger partial charge in [0.25, 0.3) is 15.9 Å². The first-order chi connectivity index (χ1) is 13.5. The third-order valence-electron chi connectivity index (χ3n) is 5.00. The van der Waals surface area contributed by atoms with Crippen LogP contribution in [0.25, 0.3) is 21.7 Å². The lowest BCUT2D eigenvalue weighted by atomic mass is 10.1. The van der Waals surface area contributed by atoms with E-state index in [0.717, 1.165) is 16.5 Å². The van der Waals surface area contributed by atoms with Crippen molar-refractivity contribution in [3.05, 3.63) is 71.9 Å². The normalized spacial score (nSPS) is 13.1. The molecular formula is C21H15N3O3S. The van der Waals surface area contributed by atoms with Gasteiger partial charge in [-0.05, 0) is 48.9 Å². The fourth-order valence-corrected chi connectivity index (χ4v) is 4.98. The third-order valence-corrected chi connectivity index (χ3v) is 6.42. The topological polar surface area (TPSA) is 88.2 Å². The number of amides is 1. The monoisotopic (exact) mass is 389 g/mol. The molecule has 5 rings (SSSR count). The smallest absolute Gasteiger partial charge is 0.262 e. The van der Waals surface area contributed by atoms with Crippen molar-refractivity contribution in [3.63, 3.8) is 0 Å². The van der Waals surface area contributed by atoms with Crippen LogP contribution in [0.1, 0.15) is 15.9 Å². The Hall–Kier alpha value is -3.45. The molecule has 0 fully saturated rings. The first kappa shape index (κ1) is 16.7. The van der Waals surface area contributed by atoms with Crippen LogP contribution in [0.15, 0.2) is 65.7 Å². The largest absolute Gasteiger partial charge is 0.321 e. The van der Waals surface area contributed by atoms with Gasteiger partial charge < -0.3 is 5.32 Å². The van der Waals surface area contributed by atoms with Crippen LogP contribution in [0.2, 0.25) is 0 Å². The Morgan fingerprint density at radius 3 is 2.64 bits per heavy atom. The Kier molecular flexibility index (Phi) is 3.44. The van der Waals surface area contributed by atoms with E-state index in [-0.39, 0.29) is 10.8 Å². The van der Waals surface area contributed by atoms with Crippen molar-refractivity contribution >= 4 is 49.0 Å². The summed E-state index contributed by atoms with van der Waals surface area (Å²) in [6.45, 7) is 1.93. The minimum absolute atomic E-state index is 0.127. The minimum Gasteiger partial charge on any atom is -0.321 e. The molecule has 2 heterocycles. The molecule has 0 atom stereocenters. The summed E-state index contributed by atoms with van der Waals surface area (Å²) in [6, 6.07) is 15.4. The van der Waals surface area contributed by atoms with Gasteiger partial charge in [-0.2, -0.15) is 0 Å². The average Bonchev–Trinajstić information content (AvgIpc) is 3.02. The number of nitrogens with one attached hydrogen (secondary N) is 2. The van der Waals surface area contributed by atoms with Crippen molar-refractivity contribution in [2.75, 3.05) is 10.0 Å². The molecule has 4 aromatic rings. The Bertz CT molecular complexity index is 1410. The number of benzene rings is 3. The minimum atomic E-state index is -3.88. The highest BCUT2D eigenvalue weighted by Crippen LogP contribution is 2.37. The summed E-state index contributed by atoms with van der Waals surface area (Å²) in [7, 11) is -3.88. The van der Waals surface area contributed by atoms with Crippen LogP contribution < -0.4 is 10.0 Å². The summed E-state index contributed by atoms with van der Waals surface area (Å²) >= 11 is 0. The molecule has 0 radical (unpaired) electrons. The maximum Gasteiger partial charge on any atom is 0.262 e. The molecule has 1 amide bonds. The first-order valence-corrected chi connectivity index (χ1v) is 10.2. The van der Waals surface area contributed by atoms with Gasteiger partial charge >= 0.3 is 0 Å². The highest BCUT2D eigenvalue weighted by atomic mass is 32.2. The Balaban J connectivity index is 1.69. The molecule has 0 bridgehead atoms. The second-order valence-corrected chi connectivity index (χ2v) is 8.38. The molecule has 138 valence electrons. The number of pyridine rings is 1. The van der Waals surface area contributed by atoms with Crippen LogP contribution in [0.5, 0.6) is 0 Å². The van der Waals surface area contributed by atoms with E-state index in [9.17, 15) is 13.2 Å². The maximum absolute atomic E-state index is 13.2. The molecule has 0 unspecified atom stereocenters. The third kappa shape index (κ3) is 2.36. The highest BCUT2D eigenvalue weighted by Gasteiger charge is 2.26. The lowest BCUT2D eigenvalue weighted by Gasteiger charge is -2.13. The second kappa shape index (κ2) is 5.77. The zero-order valence-corrected chi connectivity index (χ0v) is 15.7. The van der Waals surface area contributed by atoms with Gasteiger partial charge in [-0.1, -0.05) is 18.2 Å². The van der Waals surface area contributed by atoms with Crippen LogP contribution in [-0.2, 0) is 10.0 Å². The lowest BCUT2D eigenvalue weighted by Crippen LogP contribution is -2.14. The van der Waals surface area contributed by atoms with Crippen molar-refractivity contribution < 1.29 is 13.2 Å². The van der Waals surface area contributed by atoms with Crippen LogP contribution in [0.4, 0.5) is 11.4 Å². The summed E-state index contributed by atoms with van der Waals surface area (Å²) in [5.74, 6) is -0.223. The van der Waals surface area contributed by atoms with Crippen LogP contribution in [-0.4, -0.2) is 19.3 Å². The molecular weight excluding hydrogens is 374 g/mol. The maximum atomic E-state index is 13.2. The van der Waals surface area contributed by atoms with E-state index in [4.69, 9.17) is 0 Å². The zero-order valence-electron chi connectivity index (χ0n) is 14.9. The van der Waals surface area contributed by atoms with Crippen LogP contribution in [0.3, 0.4) is 0 Å². The number of anilines is 2. The fourth-order valence-electron chi connectivity index (χ4n) is 3.70. The van der Waals surface area contributed by atoms with Crippen LogP contribution in [0, 0.1) is 6.92 Å². The molecule has 1 aliphatic heterocycles. The van der Waals surface area contributed by atoms with Crippen molar-refractivity contribution in [1.29, 1.82) is 0 Å². The summed E-state index contributed by atoms with van der Waals surface area (Å²) in [5, 5.41) is 4.64. The van der Waals surface area contributed by atoms with E-state index >= 15 is 0 Å². The molecule has 0 saturated carbocycles. The SMILES string of the molecule is Cc1ccc(NS(=O)(=O)c2ccc3c4c(cccc24)C(=O)N3)c2cccnc12. The number of carbonyl (C=O) groups excluding carboxylic acids is 1. The average molecular weight is 389 g/mol. The number of fused-ring (bicyclic) bond motifs is 1. The van der Waals surface area contributed by atoms with E-state index in [1.165, 1.54) is 6.07 Å². The number of aryl methyl sites for hydroxylation is 1. The molecule has 7 heteroatoms. The van der Waals surface area contributed by atoms with Gasteiger partial charge in [0.15, 0.2) is 0 Å². The second-order valence-electron chi connectivity index (χ2n) is 6.73. The van der Waals surface area contributed by atoms with E-state index in [2.05, 4.69) is 15.0 Å². The number of rotatable bonds is 3. The Morgan fingerprint density at radius 1 is 0.964 bits per heavy atom. The molecule has 1 aliphatic rings. The number of hydrogen-bond donors (Lipinski definition) is 2. The molecule has 28 heavy (non-hydrogen) atoms. The van der Waals surface area contributed by atoms with Gasteiger partial charge in [-0.3, -0.25) is 14.5 Å². The van der Waals surface area contributed by atoms with Crippen molar-refractivity contribution in [2.45, 2.75) is 11.8 Å². The molecule has 0 aliphatic carbocycles. The molecule has 1 aromatic heterocycles. The number of sulfonamides is 1. The first-order valence-electron chi connectivity index (χ1n) is 8.70. The number of aromatic nitrogens is 1. The standard InChI is InChI=1S/C21H15N3O3S/c1-12-7-8-16(13-6-3-11-22-20(12)13)24-28(26,27)18-10-9-17-19-14(18)4-2-5-15(19)21(25)23-17/h2-11,24H,1H3,(H,23,25). The molecule has 0 spiro atoms. The lowest BCUT2D eigenvalue weighted by molar-refractivity contribution is 0.103. The van der Waals surface area contributed by atoms with Gasteiger partial charge in [-0.15, -0.1) is 0 Å². The highest BCUT2D eigenvalue weighted by molar-refractivity contribution is 7.93. The van der Waals surface area contributed by atoms with E-state index in [0.29, 0.717) is 27.7 Å². The van der Waals surface area contributed by atoms with Gasteiger partial charge in [-0.25, -0.2) is 8.42 Å². The van der Waals surface area contributed by atoms with E-state index in [1.54, 1.807) is 42.6 Å². The van der Waals surface area contributed by atoms with Gasteiger partial charge in [0.2, 0.25) is 0 Å². The molecule has 2 N–H and O–H groups in total. The number of hydrogen-bond acceptors (Lipinski definition) is 4. The van der Waals surface area contributed by atoms with Gasteiger partial charge in [0, 0.05) is 33.6 Å². The Labute approximate surface area is 161 Å². The van der Waals surface area contributed by atoms with Crippen molar-refractivity contribution in [2.24, 2.45) is 0 Å². The molecule has 0 saturated heterocycles. The summed E-state index contributed by atoms with van der Waals surface area (Å²) in [4.78, 5) is 16.6. The summed E-state index contributed by atoms with van der Waals surface area (Å²) in [5.41, 5.74) is 3.28. The predicted octanol–water partition coefficient (Wildman–Crippen LogP) is 4.06. The fraction of sp³-hybridized carbons (Fsp3) is 0.0476. The van der Waals surface area contributed by atoms with Crippen molar-refractivity contribution in [1.82, 2.24) is 4.98 Å². The quantitative estimate of drug-likeness (QED) is 0.553. The van der Waals surface area contributed by atoms with E-state index < -0.39 is 10.0 Å².